The van der Waals surface area contributed by atoms with Crippen molar-refractivity contribution in [3.63, 3.8) is 0 Å². The summed E-state index contributed by atoms with van der Waals surface area (Å²) in [6.07, 6.45) is 12.2. The maximum atomic E-state index is 12.0. The second kappa shape index (κ2) is 23.2. The highest BCUT2D eigenvalue weighted by molar-refractivity contribution is 5.99. The Labute approximate surface area is 321 Å². The molecule has 53 heavy (non-hydrogen) atoms. The van der Waals surface area contributed by atoms with E-state index >= 15 is 0 Å². The first kappa shape index (κ1) is 45.5. The Morgan fingerprint density at radius 2 is 1.36 bits per heavy atom. The van der Waals surface area contributed by atoms with Crippen molar-refractivity contribution in [3.8, 4) is 11.5 Å². The van der Waals surface area contributed by atoms with Crippen molar-refractivity contribution < 1.29 is 33.8 Å². The van der Waals surface area contributed by atoms with Gasteiger partial charge in [-0.3, -0.25) is 4.79 Å². The van der Waals surface area contributed by atoms with Crippen molar-refractivity contribution in [2.75, 3.05) is 40.5 Å². The van der Waals surface area contributed by atoms with Gasteiger partial charge in [0.2, 0.25) is 0 Å². The van der Waals surface area contributed by atoms with E-state index in [1.165, 1.54) is 67.9 Å². The van der Waals surface area contributed by atoms with Crippen LogP contribution in [-0.4, -0.2) is 61.8 Å². The van der Waals surface area contributed by atoms with Crippen LogP contribution in [0, 0.1) is 5.41 Å². The van der Waals surface area contributed by atoms with Crippen molar-refractivity contribution in [1.82, 2.24) is 0 Å². The molecule has 0 aliphatic heterocycles. The number of carboxylic acids is 1. The standard InChI is InChI=1S/C27H42NO2.C19H28O4/c1-26(2,3)22-27(4,5)24-13-15-25(16-14-24)30-20-19-29-18-17-28(6,7)21-23-11-9-8-10-12-23;1-2-3-4-5-6-7-8-9-10-11-17(20)15-12-13-18(21)16(14-15)19(22)23/h8-16H,17-22H2,1-7H3;12-14,21H,2-11H2,1H3,(H,22,23)/q+1;/p-1. The lowest BCUT2D eigenvalue weighted by Gasteiger charge is -2.33. The lowest BCUT2D eigenvalue weighted by atomic mass is 9.72. The summed E-state index contributed by atoms with van der Waals surface area (Å²) in [7, 11) is 4.49. The average Bonchev–Trinajstić information content (AvgIpc) is 3.08. The van der Waals surface area contributed by atoms with Crippen LogP contribution in [0.25, 0.3) is 0 Å². The molecule has 0 fully saturated rings. The zero-order chi connectivity index (χ0) is 39.3. The van der Waals surface area contributed by atoms with Gasteiger partial charge in [0, 0.05) is 23.1 Å². The molecule has 0 bridgehead atoms. The van der Waals surface area contributed by atoms with Crippen LogP contribution in [0.5, 0.6) is 11.5 Å². The van der Waals surface area contributed by atoms with Gasteiger partial charge < -0.3 is 29.0 Å². The second-order valence-electron chi connectivity index (χ2n) is 16.9. The number of Topliss-reactive ketones (excluding diaryl/α,β-unsaturated/α-hetero) is 1. The minimum Gasteiger partial charge on any atom is -0.545 e. The van der Waals surface area contributed by atoms with Gasteiger partial charge in [-0.05, 0) is 59.6 Å². The minimum absolute atomic E-state index is 0.0876. The van der Waals surface area contributed by atoms with Crippen LogP contribution < -0.4 is 9.84 Å². The van der Waals surface area contributed by atoms with Gasteiger partial charge >= 0.3 is 0 Å². The van der Waals surface area contributed by atoms with E-state index in [9.17, 15) is 19.8 Å². The number of unbranched alkanes of at least 4 members (excludes halogenated alkanes) is 8. The summed E-state index contributed by atoms with van der Waals surface area (Å²) in [5.41, 5.74) is 3.18. The van der Waals surface area contributed by atoms with Crippen molar-refractivity contribution >= 4 is 11.8 Å². The molecule has 0 aliphatic rings. The maximum absolute atomic E-state index is 12.0. The number of carbonyl (C=O) groups is 2. The highest BCUT2D eigenvalue weighted by Gasteiger charge is 2.27. The van der Waals surface area contributed by atoms with Crippen molar-refractivity contribution in [2.45, 2.75) is 124 Å². The van der Waals surface area contributed by atoms with Crippen LogP contribution in [0.1, 0.15) is 144 Å². The van der Waals surface area contributed by atoms with Crippen LogP contribution >= 0.6 is 0 Å². The van der Waals surface area contributed by atoms with E-state index in [4.69, 9.17) is 9.47 Å². The fraction of sp³-hybridized carbons (Fsp3) is 0.565. The third kappa shape index (κ3) is 19.3. The molecule has 1 N–H and O–H groups in total. The first-order valence-corrected chi connectivity index (χ1v) is 19.8. The van der Waals surface area contributed by atoms with Crippen LogP contribution in [0.2, 0.25) is 0 Å². The number of ether oxygens (including phenoxy) is 2. The molecule has 7 heteroatoms. The third-order valence-electron chi connectivity index (χ3n) is 9.44. The number of phenols is 1. The van der Waals surface area contributed by atoms with Crippen molar-refractivity contribution in [1.29, 1.82) is 0 Å². The molecule has 0 spiro atoms. The molecule has 294 valence electrons. The molecule has 3 aromatic rings. The van der Waals surface area contributed by atoms with Gasteiger partial charge in [0.1, 0.15) is 31.2 Å². The zero-order valence-electron chi connectivity index (χ0n) is 34.2. The Morgan fingerprint density at radius 3 is 1.94 bits per heavy atom. The lowest BCUT2D eigenvalue weighted by molar-refractivity contribution is -0.904. The number of rotatable bonds is 23. The van der Waals surface area contributed by atoms with Crippen LogP contribution in [0.3, 0.4) is 0 Å². The fourth-order valence-corrected chi connectivity index (χ4v) is 6.83. The molecular formula is C46H69NO6. The predicted octanol–water partition coefficient (Wildman–Crippen LogP) is 9.93. The van der Waals surface area contributed by atoms with E-state index in [1.807, 2.05) is 0 Å². The third-order valence-corrected chi connectivity index (χ3v) is 9.44. The summed E-state index contributed by atoms with van der Waals surface area (Å²) < 4.78 is 12.6. The Morgan fingerprint density at radius 1 is 0.755 bits per heavy atom. The largest absolute Gasteiger partial charge is 0.545 e. The highest BCUT2D eigenvalue weighted by Crippen LogP contribution is 2.36. The Balaban J connectivity index is 0.000000381. The quantitative estimate of drug-likeness (QED) is 0.0593. The van der Waals surface area contributed by atoms with Gasteiger partial charge in [-0.15, -0.1) is 0 Å². The van der Waals surface area contributed by atoms with E-state index < -0.39 is 5.97 Å². The predicted molar refractivity (Wildman–Crippen MR) is 216 cm³/mol. The summed E-state index contributed by atoms with van der Waals surface area (Å²) >= 11 is 0. The molecule has 0 atom stereocenters. The number of carboxylic acid groups (broad SMARTS) is 1. The van der Waals surface area contributed by atoms with Gasteiger partial charge in [-0.1, -0.05) is 135 Å². The van der Waals surface area contributed by atoms with Gasteiger partial charge in [-0.2, -0.15) is 0 Å². The molecule has 0 radical (unpaired) electrons. The highest BCUT2D eigenvalue weighted by atomic mass is 16.5. The molecule has 0 amide bonds. The Hall–Kier alpha value is -3.68. The normalized spacial score (nSPS) is 11.8. The van der Waals surface area contributed by atoms with Gasteiger partial charge in [0.15, 0.2) is 5.78 Å². The number of hydrogen-bond acceptors (Lipinski definition) is 6. The molecule has 3 rings (SSSR count). The number of hydrogen-bond donors (Lipinski definition) is 1. The molecule has 7 nitrogen and oxygen atoms in total. The van der Waals surface area contributed by atoms with E-state index in [2.05, 4.69) is 110 Å². The first-order valence-electron chi connectivity index (χ1n) is 19.8. The van der Waals surface area contributed by atoms with Crippen LogP contribution in [0.4, 0.5) is 0 Å². The van der Waals surface area contributed by atoms with E-state index in [-0.39, 0.29) is 22.5 Å². The van der Waals surface area contributed by atoms with Crippen molar-refractivity contribution in [3.05, 3.63) is 95.1 Å². The van der Waals surface area contributed by atoms with Gasteiger partial charge in [0.05, 0.1) is 33.3 Å². The summed E-state index contributed by atoms with van der Waals surface area (Å²) in [4.78, 5) is 22.9. The number of ketones is 1. The lowest BCUT2D eigenvalue weighted by Crippen LogP contribution is -2.41. The summed E-state index contributed by atoms with van der Waals surface area (Å²) in [5, 5.41) is 20.2. The smallest absolute Gasteiger partial charge is 0.162 e. The molecule has 0 saturated heterocycles. The molecule has 3 aromatic carbocycles. The number of quaternary nitrogens is 1. The molecule has 0 aromatic heterocycles. The molecular weight excluding hydrogens is 663 g/mol. The summed E-state index contributed by atoms with van der Waals surface area (Å²) in [6.45, 7) is 17.7. The SMILES string of the molecule is CC(C)(C)CC(C)(C)c1ccc(OCCOCC[N+](C)(C)Cc2ccccc2)cc1.CCCCCCCCCCCC(=O)c1ccc(O)c(C(=O)[O-])c1. The van der Waals surface area contributed by atoms with Gasteiger partial charge in [-0.25, -0.2) is 0 Å². The van der Waals surface area contributed by atoms with Crippen LogP contribution in [-0.2, 0) is 16.7 Å². The van der Waals surface area contributed by atoms with Crippen molar-refractivity contribution in [2.24, 2.45) is 5.41 Å². The molecule has 0 saturated carbocycles. The first-order chi connectivity index (χ1) is 25.0. The second-order valence-corrected chi connectivity index (χ2v) is 16.9. The molecule has 0 heterocycles. The number of carbonyl (C=O) groups excluding carboxylic acids is 2. The average molecular weight is 732 g/mol. The van der Waals surface area contributed by atoms with E-state index in [0.717, 1.165) is 55.6 Å². The number of likely N-dealkylation sites (N-methyl/N-ethyl adjacent to an activating group) is 1. The molecule has 0 unspecified atom stereocenters. The fourth-order valence-electron chi connectivity index (χ4n) is 6.83. The topological polar surface area (TPSA) is 95.9 Å². The monoisotopic (exact) mass is 732 g/mol. The minimum atomic E-state index is -1.47. The van der Waals surface area contributed by atoms with Crippen LogP contribution in [0.15, 0.2) is 72.8 Å². The number of aromatic carboxylic acids is 1. The Kier molecular flexibility index (Phi) is 19.9. The number of aromatic hydroxyl groups is 1. The van der Waals surface area contributed by atoms with Gasteiger partial charge in [0.25, 0.3) is 0 Å². The number of nitrogens with zero attached hydrogens (tertiary/aromatic N) is 1. The zero-order valence-corrected chi connectivity index (χ0v) is 34.2. The molecule has 0 aliphatic carbocycles. The van der Waals surface area contributed by atoms with E-state index in [0.29, 0.717) is 30.6 Å². The Bertz CT molecular complexity index is 1470. The summed E-state index contributed by atoms with van der Waals surface area (Å²) in [6, 6.07) is 23.1. The maximum Gasteiger partial charge on any atom is 0.162 e. The number of benzene rings is 3. The van der Waals surface area contributed by atoms with E-state index in [1.54, 1.807) is 0 Å². The summed E-state index contributed by atoms with van der Waals surface area (Å²) in [5.74, 6) is -1.02.